The van der Waals surface area contributed by atoms with Crippen LogP contribution in [0.2, 0.25) is 0 Å². The second-order valence-electron chi connectivity index (χ2n) is 6.13. The summed E-state index contributed by atoms with van der Waals surface area (Å²) >= 11 is 0. The number of hydrogen-bond donors (Lipinski definition) is 2. The smallest absolute Gasteiger partial charge is 0.309 e. The van der Waals surface area contributed by atoms with Crippen molar-refractivity contribution in [3.63, 3.8) is 0 Å². The SMILES string of the molecule is O=C(O)Cc1ccc2ccccc2n1.O=C(O)Cc1ccc2ccccc2n1.[Cd]. The van der Waals surface area contributed by atoms with Gasteiger partial charge in [0.1, 0.15) is 0 Å². The molecule has 2 N–H and O–H groups in total. The van der Waals surface area contributed by atoms with E-state index in [1.165, 1.54) is 0 Å². The van der Waals surface area contributed by atoms with Gasteiger partial charge in [-0.2, -0.15) is 0 Å². The molecule has 4 rings (SSSR count). The Balaban J connectivity index is 0.000000200. The predicted molar refractivity (Wildman–Crippen MR) is 106 cm³/mol. The molecule has 2 aromatic carbocycles. The number of nitrogens with zero attached hydrogens (tertiary/aromatic N) is 2. The number of para-hydroxylation sites is 2. The number of benzene rings is 2. The maximum absolute atomic E-state index is 10.5. The van der Waals surface area contributed by atoms with E-state index in [-0.39, 0.29) is 40.1 Å². The van der Waals surface area contributed by atoms with Crippen molar-refractivity contribution in [2.45, 2.75) is 12.8 Å². The first-order valence-corrected chi connectivity index (χ1v) is 8.64. The van der Waals surface area contributed by atoms with Crippen LogP contribution >= 0.6 is 0 Å². The molecule has 7 heteroatoms. The Morgan fingerprint density at radius 2 is 1.00 bits per heavy atom. The fourth-order valence-corrected chi connectivity index (χ4v) is 2.72. The summed E-state index contributed by atoms with van der Waals surface area (Å²) in [5, 5.41) is 19.3. The zero-order valence-corrected chi connectivity index (χ0v) is 19.7. The van der Waals surface area contributed by atoms with Gasteiger partial charge in [-0.25, -0.2) is 0 Å². The van der Waals surface area contributed by atoms with E-state index in [4.69, 9.17) is 10.2 Å². The van der Waals surface area contributed by atoms with Gasteiger partial charge in [0.2, 0.25) is 0 Å². The van der Waals surface area contributed by atoms with Crippen LogP contribution in [0.1, 0.15) is 11.4 Å². The topological polar surface area (TPSA) is 100 Å². The van der Waals surface area contributed by atoms with Gasteiger partial charge in [0.05, 0.1) is 35.3 Å². The third-order valence-corrected chi connectivity index (χ3v) is 3.98. The molecule has 4 aromatic rings. The average Bonchev–Trinajstić information content (AvgIpc) is 2.67. The van der Waals surface area contributed by atoms with Gasteiger partial charge in [-0.1, -0.05) is 48.5 Å². The number of aromatic nitrogens is 2. The van der Waals surface area contributed by atoms with Gasteiger partial charge in [-0.15, -0.1) is 0 Å². The zero-order chi connectivity index (χ0) is 19.9. The minimum absolute atomic E-state index is 0. The fourth-order valence-electron chi connectivity index (χ4n) is 2.72. The van der Waals surface area contributed by atoms with Gasteiger partial charge in [-0.05, 0) is 24.3 Å². The quantitative estimate of drug-likeness (QED) is 0.426. The first-order valence-electron chi connectivity index (χ1n) is 8.64. The number of pyridine rings is 2. The largest absolute Gasteiger partial charge is 0.481 e. The number of carboxylic acids is 2. The monoisotopic (exact) mass is 488 g/mol. The summed E-state index contributed by atoms with van der Waals surface area (Å²) in [5.74, 6) is -1.71. The Morgan fingerprint density at radius 1 is 0.621 bits per heavy atom. The fraction of sp³-hybridized carbons (Fsp3) is 0.0909. The minimum Gasteiger partial charge on any atom is -0.481 e. The van der Waals surface area contributed by atoms with E-state index in [1.54, 1.807) is 12.1 Å². The number of fused-ring (bicyclic) bond motifs is 2. The van der Waals surface area contributed by atoms with Crippen LogP contribution in [-0.2, 0) is 49.7 Å². The van der Waals surface area contributed by atoms with Gasteiger partial charge in [-0.3, -0.25) is 19.6 Å². The molecule has 0 amide bonds. The Morgan fingerprint density at radius 3 is 1.38 bits per heavy atom. The van der Waals surface area contributed by atoms with Gasteiger partial charge in [0, 0.05) is 38.1 Å². The molecule has 0 saturated heterocycles. The van der Waals surface area contributed by atoms with Crippen molar-refractivity contribution in [3.05, 3.63) is 84.2 Å². The summed E-state index contributed by atoms with van der Waals surface area (Å²) in [5.41, 5.74) is 2.87. The van der Waals surface area contributed by atoms with Crippen molar-refractivity contribution in [3.8, 4) is 0 Å². The first-order chi connectivity index (χ1) is 13.5. The van der Waals surface area contributed by atoms with Crippen molar-refractivity contribution < 1.29 is 47.1 Å². The summed E-state index contributed by atoms with van der Waals surface area (Å²) < 4.78 is 0. The molecule has 0 spiro atoms. The van der Waals surface area contributed by atoms with E-state index in [1.807, 2.05) is 60.7 Å². The molecule has 0 aliphatic carbocycles. The maximum atomic E-state index is 10.5. The molecule has 0 fully saturated rings. The van der Waals surface area contributed by atoms with Crippen LogP contribution in [0, 0.1) is 0 Å². The molecular formula is C22H18CdN2O4. The van der Waals surface area contributed by atoms with E-state index in [2.05, 4.69) is 9.97 Å². The number of carboxylic acid groups (broad SMARTS) is 2. The summed E-state index contributed by atoms with van der Waals surface area (Å²) in [6.07, 6.45) is -0.0460. The molecule has 0 aliphatic heterocycles. The zero-order valence-electron chi connectivity index (χ0n) is 15.7. The summed E-state index contributed by atoms with van der Waals surface area (Å²) in [4.78, 5) is 29.4. The van der Waals surface area contributed by atoms with Crippen molar-refractivity contribution in [1.82, 2.24) is 9.97 Å². The number of rotatable bonds is 4. The molecule has 0 radical (unpaired) electrons. The number of aliphatic carboxylic acids is 2. The van der Waals surface area contributed by atoms with Crippen LogP contribution in [0.15, 0.2) is 72.8 Å². The van der Waals surface area contributed by atoms with Gasteiger partial charge < -0.3 is 10.2 Å². The molecule has 0 aliphatic rings. The molecule has 6 nitrogen and oxygen atoms in total. The van der Waals surface area contributed by atoms with Crippen LogP contribution in [0.5, 0.6) is 0 Å². The third kappa shape index (κ3) is 6.60. The molecule has 0 bridgehead atoms. The second kappa shape index (κ2) is 10.6. The molecule has 29 heavy (non-hydrogen) atoms. The molecule has 2 aromatic heterocycles. The molecule has 0 saturated carbocycles. The van der Waals surface area contributed by atoms with Gasteiger partial charge in [0.15, 0.2) is 0 Å². The summed E-state index contributed by atoms with van der Waals surface area (Å²) in [6, 6.07) is 22.6. The Labute approximate surface area is 187 Å². The van der Waals surface area contributed by atoms with E-state index in [0.29, 0.717) is 11.4 Å². The molecular weight excluding hydrogens is 469 g/mol. The van der Waals surface area contributed by atoms with Crippen molar-refractivity contribution in [1.29, 1.82) is 0 Å². The van der Waals surface area contributed by atoms with E-state index in [0.717, 1.165) is 21.8 Å². The van der Waals surface area contributed by atoms with E-state index >= 15 is 0 Å². The van der Waals surface area contributed by atoms with Gasteiger partial charge in [0.25, 0.3) is 0 Å². The Bertz CT molecular complexity index is 1060. The number of hydrogen-bond acceptors (Lipinski definition) is 4. The standard InChI is InChI=1S/2C11H9NO2.Cd/c2*13-11(14)7-9-6-5-8-3-1-2-4-10(8)12-9;/h2*1-6H,7H2,(H,13,14);. The number of carbonyl (C=O) groups is 2. The first kappa shape index (κ1) is 22.4. The molecule has 2 heterocycles. The normalized spacial score (nSPS) is 9.93. The van der Waals surface area contributed by atoms with Crippen molar-refractivity contribution in [2.75, 3.05) is 0 Å². The van der Waals surface area contributed by atoms with Crippen LogP contribution in [0.3, 0.4) is 0 Å². The van der Waals surface area contributed by atoms with Gasteiger partial charge >= 0.3 is 11.9 Å². The van der Waals surface area contributed by atoms with Crippen LogP contribution in [-0.4, -0.2) is 32.1 Å². The predicted octanol–water partition coefficient (Wildman–Crippen LogP) is 3.72. The van der Waals surface area contributed by atoms with Crippen LogP contribution < -0.4 is 0 Å². The van der Waals surface area contributed by atoms with E-state index in [9.17, 15) is 9.59 Å². The minimum atomic E-state index is -0.854. The summed E-state index contributed by atoms with van der Waals surface area (Å²) in [7, 11) is 0. The van der Waals surface area contributed by atoms with Crippen LogP contribution in [0.25, 0.3) is 21.8 Å². The molecule has 142 valence electrons. The third-order valence-electron chi connectivity index (χ3n) is 3.98. The Kier molecular flexibility index (Phi) is 8.20. The van der Waals surface area contributed by atoms with Crippen molar-refractivity contribution in [2.24, 2.45) is 0 Å². The molecule has 0 atom stereocenters. The second-order valence-corrected chi connectivity index (χ2v) is 6.13. The molecule has 0 unspecified atom stereocenters. The summed E-state index contributed by atoms with van der Waals surface area (Å²) in [6.45, 7) is 0. The van der Waals surface area contributed by atoms with Crippen molar-refractivity contribution >= 4 is 33.7 Å². The Hall–Kier alpha value is -2.88. The maximum Gasteiger partial charge on any atom is 0.309 e. The van der Waals surface area contributed by atoms with Crippen LogP contribution in [0.4, 0.5) is 0 Å². The average molecular weight is 487 g/mol. The van der Waals surface area contributed by atoms with E-state index < -0.39 is 11.9 Å².